The summed E-state index contributed by atoms with van der Waals surface area (Å²) in [7, 11) is 1.93. The van der Waals surface area contributed by atoms with Crippen LogP contribution in [0.3, 0.4) is 0 Å². The fraction of sp³-hybridized carbons (Fsp3) is 0.176. The van der Waals surface area contributed by atoms with E-state index in [1.54, 1.807) is 17.7 Å². The fourth-order valence-electron chi connectivity index (χ4n) is 2.66. The molecule has 0 aliphatic heterocycles. The zero-order chi connectivity index (χ0) is 16.5. The molecule has 0 spiro atoms. The van der Waals surface area contributed by atoms with Crippen molar-refractivity contribution in [2.75, 3.05) is 5.32 Å². The third-order valence-corrected chi connectivity index (χ3v) is 4.70. The van der Waals surface area contributed by atoms with Crippen LogP contribution in [0.5, 0.6) is 0 Å². The van der Waals surface area contributed by atoms with Gasteiger partial charge in [0, 0.05) is 12.4 Å². The summed E-state index contributed by atoms with van der Waals surface area (Å²) < 4.78 is 1.90. The van der Waals surface area contributed by atoms with Gasteiger partial charge in [-0.3, -0.25) is 0 Å². The summed E-state index contributed by atoms with van der Waals surface area (Å²) in [5.74, 6) is 2.39. The molecule has 3 heterocycles. The van der Waals surface area contributed by atoms with Crippen LogP contribution < -0.4 is 5.32 Å². The lowest BCUT2D eigenvalue weighted by Gasteiger charge is -2.16. The van der Waals surface area contributed by atoms with E-state index >= 15 is 0 Å². The number of anilines is 1. The zero-order valence-electron chi connectivity index (χ0n) is 13.3. The minimum absolute atomic E-state index is 0.0213. The highest BCUT2D eigenvalue weighted by Gasteiger charge is 2.15. The summed E-state index contributed by atoms with van der Waals surface area (Å²) in [6.45, 7) is 2.05. The number of aryl methyl sites for hydroxylation is 1. The first-order chi connectivity index (χ1) is 11.7. The number of hydrogen-bond acceptors (Lipinski definition) is 6. The normalized spacial score (nSPS) is 12.4. The molecular weight excluding hydrogens is 320 g/mol. The molecular formula is C17H16N6S. The molecule has 0 saturated heterocycles. The summed E-state index contributed by atoms with van der Waals surface area (Å²) in [5, 5.41) is 14.6. The van der Waals surface area contributed by atoms with Crippen LogP contribution in [0.25, 0.3) is 21.6 Å². The molecule has 0 bridgehead atoms. The second kappa shape index (κ2) is 6.01. The van der Waals surface area contributed by atoms with Crippen LogP contribution in [0.4, 0.5) is 5.82 Å². The smallest absolute Gasteiger partial charge is 0.172 e. The van der Waals surface area contributed by atoms with Crippen LogP contribution in [-0.4, -0.2) is 24.7 Å². The van der Waals surface area contributed by atoms with Gasteiger partial charge in [-0.05, 0) is 30.5 Å². The first-order valence-electron chi connectivity index (χ1n) is 7.63. The van der Waals surface area contributed by atoms with Gasteiger partial charge in [0.15, 0.2) is 11.6 Å². The Bertz CT molecular complexity index is 976. The predicted molar refractivity (Wildman–Crippen MR) is 95.9 cm³/mol. The number of fused-ring (bicyclic) bond motifs is 1. The molecule has 1 N–H and O–H groups in total. The van der Waals surface area contributed by atoms with Crippen LogP contribution in [0.15, 0.2) is 48.1 Å². The fourth-order valence-corrected chi connectivity index (χ4v) is 3.31. The molecule has 0 amide bonds. The highest BCUT2D eigenvalue weighted by Crippen LogP contribution is 2.29. The average Bonchev–Trinajstić information content (AvgIpc) is 3.26. The van der Waals surface area contributed by atoms with Gasteiger partial charge in [0.2, 0.25) is 0 Å². The number of hydrogen-bond donors (Lipinski definition) is 1. The standard InChI is InChI=1S/C17H16N6S/c1-11(17-22-18-10-23(17)2)19-15-12-6-3-4-7-13(12)20-16(21-15)14-8-5-9-24-14/h3-11H,1-2H3,(H,19,20,21)/t11-/m1/s1. The number of rotatable bonds is 4. The van der Waals surface area contributed by atoms with Gasteiger partial charge in [-0.1, -0.05) is 18.2 Å². The lowest BCUT2D eigenvalue weighted by atomic mass is 10.2. The van der Waals surface area contributed by atoms with Crippen molar-refractivity contribution in [2.45, 2.75) is 13.0 Å². The molecule has 3 aromatic heterocycles. The van der Waals surface area contributed by atoms with E-state index in [1.807, 2.05) is 60.3 Å². The Labute approximate surface area is 143 Å². The number of benzene rings is 1. The quantitative estimate of drug-likeness (QED) is 0.616. The van der Waals surface area contributed by atoms with Gasteiger partial charge in [-0.25, -0.2) is 9.97 Å². The molecule has 6 nitrogen and oxygen atoms in total. The molecule has 4 rings (SSSR count). The summed E-state index contributed by atoms with van der Waals surface area (Å²) in [5.41, 5.74) is 0.920. The van der Waals surface area contributed by atoms with E-state index < -0.39 is 0 Å². The topological polar surface area (TPSA) is 68.5 Å². The third kappa shape index (κ3) is 2.63. The average molecular weight is 336 g/mol. The van der Waals surface area contributed by atoms with E-state index in [-0.39, 0.29) is 6.04 Å². The third-order valence-electron chi connectivity index (χ3n) is 3.83. The Kier molecular flexibility index (Phi) is 3.70. The molecule has 0 fully saturated rings. The van der Waals surface area contributed by atoms with E-state index in [0.29, 0.717) is 0 Å². The van der Waals surface area contributed by atoms with Crippen molar-refractivity contribution in [3.8, 4) is 10.7 Å². The molecule has 4 aromatic rings. The Morgan fingerprint density at radius 1 is 1.12 bits per heavy atom. The Morgan fingerprint density at radius 3 is 2.75 bits per heavy atom. The Morgan fingerprint density at radius 2 is 2.00 bits per heavy atom. The summed E-state index contributed by atoms with van der Waals surface area (Å²) in [6.07, 6.45) is 1.70. The Balaban J connectivity index is 1.80. The first kappa shape index (κ1) is 14.8. The molecule has 1 atom stereocenters. The van der Waals surface area contributed by atoms with Crippen molar-refractivity contribution in [3.63, 3.8) is 0 Å². The first-order valence-corrected chi connectivity index (χ1v) is 8.51. The summed E-state index contributed by atoms with van der Waals surface area (Å²) in [6, 6.07) is 12.0. The molecule has 1 aromatic carbocycles. The monoisotopic (exact) mass is 336 g/mol. The van der Waals surface area contributed by atoms with Gasteiger partial charge >= 0.3 is 0 Å². The molecule has 7 heteroatoms. The molecule has 0 aliphatic rings. The van der Waals surface area contributed by atoms with Gasteiger partial charge in [-0.2, -0.15) is 0 Å². The Hall–Kier alpha value is -2.80. The number of para-hydroxylation sites is 1. The maximum Gasteiger partial charge on any atom is 0.172 e. The van der Waals surface area contributed by atoms with Gasteiger partial charge in [0.1, 0.15) is 12.1 Å². The van der Waals surface area contributed by atoms with Crippen molar-refractivity contribution in [3.05, 3.63) is 53.9 Å². The van der Waals surface area contributed by atoms with Crippen LogP contribution in [-0.2, 0) is 7.05 Å². The highest BCUT2D eigenvalue weighted by molar-refractivity contribution is 7.13. The SMILES string of the molecule is C[C@@H](Nc1nc(-c2cccs2)nc2ccccc12)c1nncn1C. The van der Waals surface area contributed by atoms with Gasteiger partial charge in [0.25, 0.3) is 0 Å². The summed E-state index contributed by atoms with van der Waals surface area (Å²) in [4.78, 5) is 10.5. The predicted octanol–water partition coefficient (Wildman–Crippen LogP) is 3.66. The number of aromatic nitrogens is 5. The highest BCUT2D eigenvalue weighted by atomic mass is 32.1. The molecule has 24 heavy (non-hydrogen) atoms. The second-order valence-electron chi connectivity index (χ2n) is 5.56. The van der Waals surface area contributed by atoms with Crippen LogP contribution >= 0.6 is 11.3 Å². The van der Waals surface area contributed by atoms with E-state index in [4.69, 9.17) is 9.97 Å². The van der Waals surface area contributed by atoms with Crippen molar-refractivity contribution in [2.24, 2.45) is 7.05 Å². The maximum absolute atomic E-state index is 4.75. The van der Waals surface area contributed by atoms with Crippen LogP contribution in [0.1, 0.15) is 18.8 Å². The molecule has 120 valence electrons. The van der Waals surface area contributed by atoms with Crippen molar-refractivity contribution in [1.29, 1.82) is 0 Å². The molecule has 0 aliphatic carbocycles. The minimum atomic E-state index is -0.0213. The minimum Gasteiger partial charge on any atom is -0.360 e. The molecule has 0 radical (unpaired) electrons. The van der Waals surface area contributed by atoms with E-state index in [9.17, 15) is 0 Å². The van der Waals surface area contributed by atoms with Gasteiger partial charge < -0.3 is 9.88 Å². The van der Waals surface area contributed by atoms with Crippen molar-refractivity contribution < 1.29 is 0 Å². The van der Waals surface area contributed by atoms with Gasteiger partial charge in [-0.15, -0.1) is 21.5 Å². The molecule has 0 unspecified atom stereocenters. The lowest BCUT2D eigenvalue weighted by molar-refractivity contribution is 0.717. The van der Waals surface area contributed by atoms with Gasteiger partial charge in [0.05, 0.1) is 16.4 Å². The number of nitrogens with one attached hydrogen (secondary N) is 1. The molecule has 0 saturated carbocycles. The largest absolute Gasteiger partial charge is 0.360 e. The lowest BCUT2D eigenvalue weighted by Crippen LogP contribution is -2.13. The summed E-state index contributed by atoms with van der Waals surface area (Å²) >= 11 is 1.63. The zero-order valence-corrected chi connectivity index (χ0v) is 14.2. The van der Waals surface area contributed by atoms with Crippen molar-refractivity contribution in [1.82, 2.24) is 24.7 Å². The second-order valence-corrected chi connectivity index (χ2v) is 6.50. The number of nitrogens with zero attached hydrogens (tertiary/aromatic N) is 5. The van der Waals surface area contributed by atoms with Crippen molar-refractivity contribution >= 4 is 28.1 Å². The van der Waals surface area contributed by atoms with E-state index in [1.165, 1.54) is 0 Å². The van der Waals surface area contributed by atoms with E-state index in [2.05, 4.69) is 15.5 Å². The number of thiophene rings is 1. The van der Waals surface area contributed by atoms with E-state index in [0.717, 1.165) is 33.2 Å². The van der Waals surface area contributed by atoms with Crippen LogP contribution in [0, 0.1) is 0 Å². The van der Waals surface area contributed by atoms with Crippen LogP contribution in [0.2, 0.25) is 0 Å². The maximum atomic E-state index is 4.75.